The number of ether oxygens (including phenoxy) is 1. The Hall–Kier alpha value is -2.52. The third-order valence-electron chi connectivity index (χ3n) is 8.15. The van der Waals surface area contributed by atoms with Gasteiger partial charge in [-0.2, -0.15) is 0 Å². The SMILES string of the molecule is CC[C@@]12C[C@@]3(C)O[C@@H]1C(c1ccccc1)=CN1CCc4c(n3c3ccccc43)[C@@H]12. The predicted molar refractivity (Wildman–Crippen MR) is 115 cm³/mol. The summed E-state index contributed by atoms with van der Waals surface area (Å²) in [4.78, 5) is 2.65. The molecule has 29 heavy (non-hydrogen) atoms. The van der Waals surface area contributed by atoms with Crippen molar-refractivity contribution >= 4 is 16.5 Å². The largest absolute Gasteiger partial charge is 0.368 e. The number of benzene rings is 2. The lowest BCUT2D eigenvalue weighted by Gasteiger charge is -2.54. The Morgan fingerprint density at radius 1 is 1.07 bits per heavy atom. The van der Waals surface area contributed by atoms with E-state index in [0.29, 0.717) is 6.04 Å². The van der Waals surface area contributed by atoms with E-state index in [9.17, 15) is 0 Å². The summed E-state index contributed by atoms with van der Waals surface area (Å²) in [5, 5.41) is 1.43. The maximum absolute atomic E-state index is 7.10. The average molecular weight is 383 g/mol. The number of nitrogens with zero attached hydrogens (tertiary/aromatic N) is 2. The number of fused-ring (bicyclic) bond motifs is 5. The van der Waals surface area contributed by atoms with Crippen molar-refractivity contribution in [1.82, 2.24) is 9.47 Å². The second kappa shape index (κ2) is 5.14. The third-order valence-corrected chi connectivity index (χ3v) is 8.15. The molecule has 2 aromatic carbocycles. The van der Waals surface area contributed by atoms with Crippen LogP contribution in [0, 0.1) is 5.41 Å². The summed E-state index contributed by atoms with van der Waals surface area (Å²) in [7, 11) is 0. The molecular weight excluding hydrogens is 356 g/mol. The Morgan fingerprint density at radius 2 is 1.86 bits per heavy atom. The van der Waals surface area contributed by atoms with Gasteiger partial charge in [0.15, 0.2) is 0 Å². The smallest absolute Gasteiger partial charge is 0.143 e. The lowest BCUT2D eigenvalue weighted by atomic mass is 9.62. The Labute approximate surface area is 171 Å². The van der Waals surface area contributed by atoms with Crippen LogP contribution in [0.2, 0.25) is 0 Å². The molecule has 1 saturated heterocycles. The minimum absolute atomic E-state index is 0.133. The number of para-hydroxylation sites is 1. The molecule has 2 bridgehead atoms. The summed E-state index contributed by atoms with van der Waals surface area (Å²) in [6.07, 6.45) is 5.90. The molecule has 4 aliphatic rings. The number of hydrogen-bond acceptors (Lipinski definition) is 2. The summed E-state index contributed by atoms with van der Waals surface area (Å²) >= 11 is 0. The van der Waals surface area contributed by atoms with Gasteiger partial charge >= 0.3 is 0 Å². The molecule has 0 radical (unpaired) electrons. The van der Waals surface area contributed by atoms with Crippen LogP contribution >= 0.6 is 0 Å². The van der Waals surface area contributed by atoms with Crippen LogP contribution in [0.1, 0.15) is 49.6 Å². The van der Waals surface area contributed by atoms with E-state index in [4.69, 9.17) is 4.74 Å². The molecule has 146 valence electrons. The highest BCUT2D eigenvalue weighted by Gasteiger charge is 2.67. The highest BCUT2D eigenvalue weighted by Crippen LogP contribution is 2.68. The van der Waals surface area contributed by atoms with E-state index in [0.717, 1.165) is 25.8 Å². The maximum Gasteiger partial charge on any atom is 0.143 e. The van der Waals surface area contributed by atoms with Gasteiger partial charge in [-0.1, -0.05) is 55.5 Å². The first-order valence-corrected chi connectivity index (χ1v) is 11.0. The van der Waals surface area contributed by atoms with Crippen LogP contribution in [0.4, 0.5) is 0 Å². The van der Waals surface area contributed by atoms with Crippen LogP contribution in [0.3, 0.4) is 0 Å². The van der Waals surface area contributed by atoms with Gasteiger partial charge in [0, 0.05) is 41.2 Å². The zero-order chi connectivity index (χ0) is 19.4. The minimum atomic E-state index is -0.286. The van der Waals surface area contributed by atoms with Gasteiger partial charge in [-0.3, -0.25) is 0 Å². The van der Waals surface area contributed by atoms with Gasteiger partial charge in [0.2, 0.25) is 0 Å². The van der Waals surface area contributed by atoms with E-state index in [2.05, 4.69) is 84.1 Å². The third kappa shape index (κ3) is 1.75. The molecular formula is C26H26N2O. The summed E-state index contributed by atoms with van der Waals surface area (Å²) in [6.45, 7) is 5.79. The second-order valence-electron chi connectivity index (χ2n) is 9.49. The van der Waals surface area contributed by atoms with Crippen molar-refractivity contribution in [2.75, 3.05) is 6.54 Å². The first-order chi connectivity index (χ1) is 14.2. The van der Waals surface area contributed by atoms with Crippen molar-refractivity contribution in [3.63, 3.8) is 0 Å². The molecule has 1 aromatic heterocycles. The lowest BCUT2D eigenvalue weighted by molar-refractivity contribution is -0.0643. The van der Waals surface area contributed by atoms with Gasteiger partial charge in [-0.05, 0) is 37.0 Å². The van der Waals surface area contributed by atoms with Crippen LogP contribution in [0.15, 0.2) is 60.8 Å². The Kier molecular flexibility index (Phi) is 2.89. The molecule has 3 nitrogen and oxygen atoms in total. The van der Waals surface area contributed by atoms with Gasteiger partial charge in [0.25, 0.3) is 0 Å². The molecule has 0 amide bonds. The number of aromatic nitrogens is 1. The molecule has 3 heteroatoms. The van der Waals surface area contributed by atoms with Crippen LogP contribution in [-0.4, -0.2) is 22.1 Å². The van der Waals surface area contributed by atoms with E-state index in [1.54, 1.807) is 5.56 Å². The Balaban J connectivity index is 1.56. The fourth-order valence-corrected chi connectivity index (χ4v) is 7.12. The fourth-order valence-electron chi connectivity index (χ4n) is 7.12. The summed E-state index contributed by atoms with van der Waals surface area (Å²) in [6, 6.07) is 20.3. The quantitative estimate of drug-likeness (QED) is 0.585. The molecule has 0 unspecified atom stereocenters. The lowest BCUT2D eigenvalue weighted by Crippen LogP contribution is -2.53. The molecule has 0 N–H and O–H groups in total. The Bertz CT molecular complexity index is 1190. The number of hydrogen-bond donors (Lipinski definition) is 0. The topological polar surface area (TPSA) is 17.4 Å². The molecule has 1 fully saturated rings. The molecule has 3 aromatic rings. The molecule has 4 atom stereocenters. The first kappa shape index (κ1) is 16.3. The maximum atomic E-state index is 7.10. The normalized spacial score (nSPS) is 33.9. The predicted octanol–water partition coefficient (Wildman–Crippen LogP) is 5.47. The van der Waals surface area contributed by atoms with E-state index in [1.165, 1.54) is 27.7 Å². The van der Waals surface area contributed by atoms with Crippen molar-refractivity contribution < 1.29 is 4.74 Å². The van der Waals surface area contributed by atoms with Crippen LogP contribution in [0.25, 0.3) is 16.5 Å². The van der Waals surface area contributed by atoms with Gasteiger partial charge in [-0.25, -0.2) is 0 Å². The number of rotatable bonds is 2. The molecule has 0 aliphatic carbocycles. The molecule has 0 saturated carbocycles. The van der Waals surface area contributed by atoms with E-state index in [1.807, 2.05) is 0 Å². The molecule has 7 rings (SSSR count). The van der Waals surface area contributed by atoms with Gasteiger partial charge in [0.05, 0.1) is 17.7 Å². The van der Waals surface area contributed by atoms with Crippen LogP contribution in [-0.2, 0) is 16.9 Å². The van der Waals surface area contributed by atoms with E-state index < -0.39 is 0 Å². The minimum Gasteiger partial charge on any atom is -0.368 e. The van der Waals surface area contributed by atoms with Crippen molar-refractivity contribution in [3.05, 3.63) is 77.6 Å². The van der Waals surface area contributed by atoms with Crippen LogP contribution < -0.4 is 0 Å². The van der Waals surface area contributed by atoms with Crippen molar-refractivity contribution in [1.29, 1.82) is 0 Å². The van der Waals surface area contributed by atoms with E-state index in [-0.39, 0.29) is 17.2 Å². The van der Waals surface area contributed by atoms with Gasteiger partial charge < -0.3 is 14.2 Å². The summed E-state index contributed by atoms with van der Waals surface area (Å²) in [5.74, 6) is 0. The van der Waals surface area contributed by atoms with Gasteiger partial charge in [0.1, 0.15) is 5.72 Å². The molecule has 4 aliphatic heterocycles. The van der Waals surface area contributed by atoms with Crippen molar-refractivity contribution in [2.45, 2.75) is 51.0 Å². The highest BCUT2D eigenvalue weighted by molar-refractivity contribution is 5.87. The highest BCUT2D eigenvalue weighted by atomic mass is 16.5. The zero-order valence-corrected chi connectivity index (χ0v) is 17.1. The summed E-state index contributed by atoms with van der Waals surface area (Å²) < 4.78 is 9.67. The zero-order valence-electron chi connectivity index (χ0n) is 17.1. The summed E-state index contributed by atoms with van der Waals surface area (Å²) in [5.41, 5.74) is 6.96. The van der Waals surface area contributed by atoms with Gasteiger partial charge in [-0.15, -0.1) is 0 Å². The average Bonchev–Trinajstić information content (AvgIpc) is 3.25. The second-order valence-corrected chi connectivity index (χ2v) is 9.49. The van der Waals surface area contributed by atoms with E-state index >= 15 is 0 Å². The fraction of sp³-hybridized carbons (Fsp3) is 0.385. The monoisotopic (exact) mass is 382 g/mol. The molecule has 5 heterocycles. The molecule has 0 spiro atoms. The van der Waals surface area contributed by atoms with Crippen molar-refractivity contribution in [3.8, 4) is 0 Å². The first-order valence-electron chi connectivity index (χ1n) is 11.0. The van der Waals surface area contributed by atoms with Crippen molar-refractivity contribution in [2.24, 2.45) is 5.41 Å². The van der Waals surface area contributed by atoms with Crippen LogP contribution in [0.5, 0.6) is 0 Å². The standard InChI is InChI=1S/C26H26N2O/c1-3-26-16-25(2)28-21-12-8-7-11-18(21)19-13-14-27(23(26)22(19)28)15-20(24(26)29-25)17-9-5-4-6-10-17/h4-12,15,23-24H,3,13-14,16H2,1-2H3/t23-,24-,25-,26+/m1/s1. The Morgan fingerprint density at radius 3 is 2.69 bits per heavy atom.